The Labute approximate surface area is 170 Å². The molecule has 8 heteroatoms. The van der Waals surface area contributed by atoms with Crippen LogP contribution >= 0.6 is 0 Å². The van der Waals surface area contributed by atoms with Crippen molar-refractivity contribution in [3.05, 3.63) is 90.0 Å². The highest BCUT2D eigenvalue weighted by Crippen LogP contribution is 2.30. The maximum Gasteiger partial charge on any atom is 0.416 e. The molecular formula is C22H17F3N2O3. The smallest absolute Gasteiger partial charge is 0.416 e. The second kappa shape index (κ2) is 9.13. The molecule has 0 heterocycles. The van der Waals surface area contributed by atoms with Gasteiger partial charge in [0.05, 0.1) is 5.56 Å². The fraction of sp³-hybridized carbons (Fsp3) is 0.0909. The first-order chi connectivity index (χ1) is 14.3. The van der Waals surface area contributed by atoms with Crippen LogP contribution in [0.2, 0.25) is 0 Å². The van der Waals surface area contributed by atoms with Crippen molar-refractivity contribution in [2.75, 3.05) is 17.2 Å². The van der Waals surface area contributed by atoms with Crippen molar-refractivity contribution in [3.8, 4) is 5.75 Å². The number of para-hydroxylation sites is 1. The number of anilines is 2. The van der Waals surface area contributed by atoms with Crippen LogP contribution in [0.3, 0.4) is 0 Å². The Morgan fingerprint density at radius 1 is 0.800 bits per heavy atom. The summed E-state index contributed by atoms with van der Waals surface area (Å²) in [5, 5.41) is 5.10. The fourth-order valence-electron chi connectivity index (χ4n) is 2.55. The Hall–Kier alpha value is -3.81. The molecule has 0 aliphatic rings. The van der Waals surface area contributed by atoms with Crippen LogP contribution in [-0.4, -0.2) is 18.4 Å². The van der Waals surface area contributed by atoms with Crippen LogP contribution in [0.4, 0.5) is 24.5 Å². The summed E-state index contributed by atoms with van der Waals surface area (Å²) in [6, 6.07) is 19.4. The Kier molecular flexibility index (Phi) is 6.36. The first-order valence-electron chi connectivity index (χ1n) is 8.87. The van der Waals surface area contributed by atoms with E-state index in [1.165, 1.54) is 36.4 Å². The van der Waals surface area contributed by atoms with Gasteiger partial charge in [0, 0.05) is 16.9 Å². The highest BCUT2D eigenvalue weighted by molar-refractivity contribution is 6.04. The second-order valence-electron chi connectivity index (χ2n) is 6.26. The molecule has 3 aromatic rings. The number of alkyl halides is 3. The fourth-order valence-corrected chi connectivity index (χ4v) is 2.55. The molecular weight excluding hydrogens is 397 g/mol. The van der Waals surface area contributed by atoms with Crippen molar-refractivity contribution in [2.24, 2.45) is 0 Å². The molecule has 0 bridgehead atoms. The highest BCUT2D eigenvalue weighted by atomic mass is 19.4. The minimum absolute atomic E-state index is 0.0198. The summed E-state index contributed by atoms with van der Waals surface area (Å²) in [6.07, 6.45) is -4.49. The zero-order valence-corrected chi connectivity index (χ0v) is 15.6. The average molecular weight is 414 g/mol. The van der Waals surface area contributed by atoms with Crippen molar-refractivity contribution in [1.29, 1.82) is 0 Å². The van der Waals surface area contributed by atoms with Crippen LogP contribution in [0, 0.1) is 0 Å². The molecule has 30 heavy (non-hydrogen) atoms. The van der Waals surface area contributed by atoms with E-state index in [4.69, 9.17) is 4.74 Å². The van der Waals surface area contributed by atoms with Crippen molar-refractivity contribution in [2.45, 2.75) is 6.18 Å². The third kappa shape index (κ3) is 5.84. The van der Waals surface area contributed by atoms with E-state index in [9.17, 15) is 22.8 Å². The molecule has 0 unspecified atom stereocenters. The van der Waals surface area contributed by atoms with Crippen LogP contribution in [0.15, 0.2) is 78.9 Å². The maximum absolute atomic E-state index is 12.7. The first kappa shape index (κ1) is 20.9. The molecule has 3 rings (SSSR count). The van der Waals surface area contributed by atoms with Gasteiger partial charge in [-0.1, -0.05) is 24.3 Å². The molecule has 2 N–H and O–H groups in total. The van der Waals surface area contributed by atoms with E-state index in [2.05, 4.69) is 10.6 Å². The lowest BCUT2D eigenvalue weighted by Crippen LogP contribution is -2.20. The Balaban J connectivity index is 1.52. The zero-order valence-electron chi connectivity index (χ0n) is 15.6. The summed E-state index contributed by atoms with van der Waals surface area (Å²) in [5.41, 5.74) is 0.227. The van der Waals surface area contributed by atoms with Gasteiger partial charge in [0.1, 0.15) is 5.75 Å². The number of benzene rings is 3. The first-order valence-corrected chi connectivity index (χ1v) is 8.87. The third-order valence-corrected chi connectivity index (χ3v) is 3.99. The Morgan fingerprint density at radius 3 is 2.13 bits per heavy atom. The molecule has 0 saturated heterocycles. The van der Waals surface area contributed by atoms with Crippen LogP contribution < -0.4 is 15.4 Å². The van der Waals surface area contributed by atoms with Crippen LogP contribution in [-0.2, 0) is 11.0 Å². The molecule has 0 aromatic heterocycles. The SMILES string of the molecule is O=C(COc1ccc(C(=O)Nc2ccccc2)cc1)Nc1cccc(C(F)(F)F)c1. The third-order valence-electron chi connectivity index (χ3n) is 3.99. The van der Waals surface area contributed by atoms with Crippen molar-refractivity contribution in [3.63, 3.8) is 0 Å². The van der Waals surface area contributed by atoms with Gasteiger partial charge in [0.25, 0.3) is 11.8 Å². The minimum atomic E-state index is -4.49. The van der Waals surface area contributed by atoms with Gasteiger partial charge >= 0.3 is 6.18 Å². The van der Waals surface area contributed by atoms with Gasteiger partial charge in [-0.05, 0) is 54.6 Å². The number of carbonyl (C=O) groups excluding carboxylic acids is 2. The van der Waals surface area contributed by atoms with Gasteiger partial charge in [0.2, 0.25) is 0 Å². The predicted octanol–water partition coefficient (Wildman–Crippen LogP) is 4.98. The van der Waals surface area contributed by atoms with E-state index < -0.39 is 24.3 Å². The van der Waals surface area contributed by atoms with Crippen molar-refractivity contribution < 1.29 is 27.5 Å². The van der Waals surface area contributed by atoms with E-state index in [-0.39, 0.29) is 11.6 Å². The van der Waals surface area contributed by atoms with Crippen molar-refractivity contribution >= 4 is 23.2 Å². The topological polar surface area (TPSA) is 67.4 Å². The zero-order chi connectivity index (χ0) is 21.6. The lowest BCUT2D eigenvalue weighted by molar-refractivity contribution is -0.137. The summed E-state index contributed by atoms with van der Waals surface area (Å²) >= 11 is 0. The molecule has 154 valence electrons. The van der Waals surface area contributed by atoms with E-state index >= 15 is 0 Å². The van der Waals surface area contributed by atoms with Gasteiger partial charge in [-0.3, -0.25) is 9.59 Å². The Morgan fingerprint density at radius 2 is 1.47 bits per heavy atom. The molecule has 0 aliphatic carbocycles. The average Bonchev–Trinajstić information content (AvgIpc) is 2.73. The van der Waals surface area contributed by atoms with Gasteiger partial charge in [-0.25, -0.2) is 0 Å². The predicted molar refractivity (Wildman–Crippen MR) is 106 cm³/mol. The molecule has 0 spiro atoms. The van der Waals surface area contributed by atoms with Crippen LogP contribution in [0.5, 0.6) is 5.75 Å². The normalized spacial score (nSPS) is 10.9. The monoisotopic (exact) mass is 414 g/mol. The molecule has 0 fully saturated rings. The number of halogens is 3. The largest absolute Gasteiger partial charge is 0.484 e. The summed E-state index contributed by atoms with van der Waals surface area (Å²) in [6.45, 7) is -0.397. The van der Waals surface area contributed by atoms with Gasteiger partial charge < -0.3 is 15.4 Å². The molecule has 0 aliphatic heterocycles. The van der Waals surface area contributed by atoms with Gasteiger partial charge in [-0.15, -0.1) is 0 Å². The summed E-state index contributed by atoms with van der Waals surface area (Å²) in [7, 11) is 0. The lowest BCUT2D eigenvalue weighted by atomic mass is 10.2. The number of nitrogens with one attached hydrogen (secondary N) is 2. The van der Waals surface area contributed by atoms with E-state index in [0.717, 1.165) is 12.1 Å². The number of rotatable bonds is 6. The number of hydrogen-bond donors (Lipinski definition) is 2. The number of hydrogen-bond acceptors (Lipinski definition) is 3. The molecule has 5 nitrogen and oxygen atoms in total. The minimum Gasteiger partial charge on any atom is -0.484 e. The quantitative estimate of drug-likeness (QED) is 0.598. The summed E-state index contributed by atoms with van der Waals surface area (Å²) < 4.78 is 43.5. The molecule has 0 saturated carbocycles. The highest BCUT2D eigenvalue weighted by Gasteiger charge is 2.30. The van der Waals surface area contributed by atoms with E-state index in [1.54, 1.807) is 24.3 Å². The molecule has 3 aromatic carbocycles. The second-order valence-corrected chi connectivity index (χ2v) is 6.26. The number of amides is 2. The number of ether oxygens (including phenoxy) is 1. The number of carbonyl (C=O) groups is 2. The summed E-state index contributed by atoms with van der Waals surface area (Å²) in [5.74, 6) is -0.569. The standard InChI is InChI=1S/C22H17F3N2O3/c23-22(24,25)16-5-4-8-18(13-16)26-20(28)14-30-19-11-9-15(10-12-19)21(29)27-17-6-2-1-3-7-17/h1-13H,14H2,(H,26,28)(H,27,29). The Bertz CT molecular complexity index is 1020. The molecule has 0 radical (unpaired) electrons. The lowest BCUT2D eigenvalue weighted by Gasteiger charge is -2.11. The van der Waals surface area contributed by atoms with E-state index in [1.807, 2.05) is 6.07 Å². The van der Waals surface area contributed by atoms with Gasteiger partial charge in [-0.2, -0.15) is 13.2 Å². The van der Waals surface area contributed by atoms with Crippen LogP contribution in [0.25, 0.3) is 0 Å². The molecule has 2 amide bonds. The van der Waals surface area contributed by atoms with Gasteiger partial charge in [0.15, 0.2) is 6.61 Å². The van der Waals surface area contributed by atoms with Crippen molar-refractivity contribution in [1.82, 2.24) is 0 Å². The molecule has 0 atom stereocenters. The van der Waals surface area contributed by atoms with E-state index in [0.29, 0.717) is 17.0 Å². The van der Waals surface area contributed by atoms with Crippen LogP contribution in [0.1, 0.15) is 15.9 Å². The maximum atomic E-state index is 12.7. The summed E-state index contributed by atoms with van der Waals surface area (Å²) in [4.78, 5) is 24.1.